The Bertz CT molecular complexity index is 859. The molecule has 2 aromatic heterocycles. The van der Waals surface area contributed by atoms with E-state index in [4.69, 9.17) is 0 Å². The summed E-state index contributed by atoms with van der Waals surface area (Å²) < 4.78 is 3.05. The van der Waals surface area contributed by atoms with Gasteiger partial charge in [-0.2, -0.15) is 0 Å². The highest BCUT2D eigenvalue weighted by Crippen LogP contribution is 2.25. The summed E-state index contributed by atoms with van der Waals surface area (Å²) in [7, 11) is 0. The Morgan fingerprint density at radius 3 is 2.45 bits per heavy atom. The highest BCUT2D eigenvalue weighted by atomic mass is 79.9. The van der Waals surface area contributed by atoms with Crippen molar-refractivity contribution in [3.8, 4) is 5.69 Å². The van der Waals surface area contributed by atoms with Crippen LogP contribution in [0.5, 0.6) is 0 Å². The molecule has 0 fully saturated rings. The molecule has 0 unspecified atom stereocenters. The predicted octanol–water partition coefficient (Wildman–Crippen LogP) is 3.40. The van der Waals surface area contributed by atoms with Crippen LogP contribution in [0.4, 0.5) is 0 Å². The number of hydrogen-bond donors (Lipinski definition) is 1. The Morgan fingerprint density at radius 1 is 1.15 bits per heavy atom. The molecule has 3 rings (SSSR count). The van der Waals surface area contributed by atoms with Crippen molar-refractivity contribution >= 4 is 27.0 Å². The lowest BCUT2D eigenvalue weighted by molar-refractivity contribution is 0.986. The highest BCUT2D eigenvalue weighted by Gasteiger charge is 2.16. The van der Waals surface area contributed by atoms with Gasteiger partial charge in [0.25, 0.3) is 5.56 Å². The molecule has 0 amide bonds. The van der Waals surface area contributed by atoms with E-state index in [1.54, 1.807) is 6.92 Å². The topological polar surface area (TPSA) is 50.7 Å². The molecule has 0 aliphatic carbocycles. The van der Waals surface area contributed by atoms with Crippen LogP contribution in [-0.4, -0.2) is 14.5 Å². The standard InChI is InChI=1S/C15H14BrN3O/c1-8-9(2)19(12-6-4-11(16)5-7-12)14-13(8)15(20)18-10(3)17-14/h4-7H,1-3H3,(H,17,18,20). The SMILES string of the molecule is Cc1nc2c(c(C)c(C)n2-c2ccc(Br)cc2)c(=O)[nH]1. The fraction of sp³-hybridized carbons (Fsp3) is 0.200. The lowest BCUT2D eigenvalue weighted by Crippen LogP contribution is -2.10. The predicted molar refractivity (Wildman–Crippen MR) is 83.6 cm³/mol. The third-order valence-corrected chi connectivity index (χ3v) is 4.10. The molecule has 2 heterocycles. The zero-order chi connectivity index (χ0) is 14.4. The van der Waals surface area contributed by atoms with Gasteiger partial charge in [0, 0.05) is 15.9 Å². The number of hydrogen-bond acceptors (Lipinski definition) is 2. The van der Waals surface area contributed by atoms with E-state index in [1.165, 1.54) is 0 Å². The molecule has 0 aliphatic heterocycles. The minimum absolute atomic E-state index is 0.0797. The van der Waals surface area contributed by atoms with Crippen molar-refractivity contribution in [1.82, 2.24) is 14.5 Å². The summed E-state index contributed by atoms with van der Waals surface area (Å²) in [5.74, 6) is 0.623. The van der Waals surface area contributed by atoms with Crippen LogP contribution in [0.2, 0.25) is 0 Å². The number of aryl methyl sites for hydroxylation is 2. The summed E-state index contributed by atoms with van der Waals surface area (Å²) in [6, 6.07) is 7.98. The molecule has 0 atom stereocenters. The Balaban J connectivity index is 2.44. The van der Waals surface area contributed by atoms with Crippen molar-refractivity contribution in [2.75, 3.05) is 0 Å². The second kappa shape index (κ2) is 4.59. The molecule has 0 saturated heterocycles. The zero-order valence-electron chi connectivity index (χ0n) is 11.5. The largest absolute Gasteiger partial charge is 0.310 e. The monoisotopic (exact) mass is 331 g/mol. The first-order valence-electron chi connectivity index (χ1n) is 6.33. The quantitative estimate of drug-likeness (QED) is 0.742. The number of aromatic amines is 1. The van der Waals surface area contributed by atoms with E-state index >= 15 is 0 Å². The first-order chi connectivity index (χ1) is 9.49. The second-order valence-electron chi connectivity index (χ2n) is 4.87. The average molecular weight is 332 g/mol. The molecule has 4 nitrogen and oxygen atoms in total. The molecule has 0 spiro atoms. The van der Waals surface area contributed by atoms with Gasteiger partial charge in [0.2, 0.25) is 0 Å². The van der Waals surface area contributed by atoms with Crippen LogP contribution in [0.25, 0.3) is 16.7 Å². The van der Waals surface area contributed by atoms with E-state index in [1.807, 2.05) is 42.7 Å². The van der Waals surface area contributed by atoms with Gasteiger partial charge in [-0.15, -0.1) is 0 Å². The Labute approximate surface area is 124 Å². The molecule has 0 aliphatic rings. The first kappa shape index (κ1) is 13.1. The molecule has 1 aromatic carbocycles. The minimum atomic E-state index is -0.0797. The smallest absolute Gasteiger partial charge is 0.260 e. The summed E-state index contributed by atoms with van der Waals surface area (Å²) in [4.78, 5) is 19.4. The van der Waals surface area contributed by atoms with Crippen LogP contribution in [-0.2, 0) is 0 Å². The van der Waals surface area contributed by atoms with Gasteiger partial charge >= 0.3 is 0 Å². The summed E-state index contributed by atoms with van der Waals surface area (Å²) >= 11 is 3.43. The summed E-state index contributed by atoms with van der Waals surface area (Å²) in [6.45, 7) is 5.76. The third kappa shape index (κ3) is 1.89. The maximum atomic E-state index is 12.2. The van der Waals surface area contributed by atoms with Crippen molar-refractivity contribution in [2.45, 2.75) is 20.8 Å². The van der Waals surface area contributed by atoms with Gasteiger partial charge in [-0.25, -0.2) is 4.98 Å². The van der Waals surface area contributed by atoms with Crippen molar-refractivity contribution in [3.05, 3.63) is 56.2 Å². The number of aromatic nitrogens is 3. The van der Waals surface area contributed by atoms with Crippen molar-refractivity contribution in [1.29, 1.82) is 0 Å². The van der Waals surface area contributed by atoms with Crippen LogP contribution >= 0.6 is 15.9 Å². The third-order valence-electron chi connectivity index (χ3n) is 3.57. The van der Waals surface area contributed by atoms with E-state index in [2.05, 4.69) is 25.9 Å². The molecule has 0 bridgehead atoms. The molecule has 0 radical (unpaired) electrons. The van der Waals surface area contributed by atoms with Crippen molar-refractivity contribution in [3.63, 3.8) is 0 Å². The normalized spacial score (nSPS) is 11.2. The number of nitrogens with zero attached hydrogens (tertiary/aromatic N) is 2. The lowest BCUT2D eigenvalue weighted by Gasteiger charge is -2.08. The van der Waals surface area contributed by atoms with Gasteiger partial charge in [0.1, 0.15) is 5.82 Å². The van der Waals surface area contributed by atoms with Crippen LogP contribution < -0.4 is 5.56 Å². The fourth-order valence-electron chi connectivity index (χ4n) is 2.48. The molecular formula is C15H14BrN3O. The van der Waals surface area contributed by atoms with Crippen LogP contribution in [0.3, 0.4) is 0 Å². The van der Waals surface area contributed by atoms with Crippen LogP contribution in [0.15, 0.2) is 33.5 Å². The molecule has 0 saturated carbocycles. The highest BCUT2D eigenvalue weighted by molar-refractivity contribution is 9.10. The number of benzene rings is 1. The second-order valence-corrected chi connectivity index (χ2v) is 5.79. The average Bonchev–Trinajstić information content (AvgIpc) is 2.63. The molecule has 102 valence electrons. The maximum Gasteiger partial charge on any atom is 0.260 e. The molecule has 20 heavy (non-hydrogen) atoms. The summed E-state index contributed by atoms with van der Waals surface area (Å²) in [6.07, 6.45) is 0. The van der Waals surface area contributed by atoms with Gasteiger partial charge < -0.3 is 4.98 Å². The van der Waals surface area contributed by atoms with Gasteiger partial charge in [-0.1, -0.05) is 15.9 Å². The zero-order valence-corrected chi connectivity index (χ0v) is 13.1. The summed E-state index contributed by atoms with van der Waals surface area (Å²) in [5.41, 5.74) is 3.64. The van der Waals surface area contributed by atoms with E-state index in [9.17, 15) is 4.79 Å². The lowest BCUT2D eigenvalue weighted by atomic mass is 10.2. The van der Waals surface area contributed by atoms with Gasteiger partial charge in [0.15, 0.2) is 5.65 Å². The van der Waals surface area contributed by atoms with Gasteiger partial charge in [-0.3, -0.25) is 9.36 Å². The van der Waals surface area contributed by atoms with E-state index in [0.29, 0.717) is 16.9 Å². The van der Waals surface area contributed by atoms with Gasteiger partial charge in [0.05, 0.1) is 5.39 Å². The Kier molecular flexibility index (Phi) is 3.01. The summed E-state index contributed by atoms with van der Waals surface area (Å²) in [5, 5.41) is 0.663. The van der Waals surface area contributed by atoms with E-state index in [0.717, 1.165) is 21.4 Å². The minimum Gasteiger partial charge on any atom is -0.310 e. The van der Waals surface area contributed by atoms with Crippen molar-refractivity contribution < 1.29 is 0 Å². The fourth-order valence-corrected chi connectivity index (χ4v) is 2.75. The molecule has 5 heteroatoms. The number of H-pyrrole nitrogens is 1. The van der Waals surface area contributed by atoms with Crippen LogP contribution in [0.1, 0.15) is 17.1 Å². The molecule has 3 aromatic rings. The molecule has 1 N–H and O–H groups in total. The first-order valence-corrected chi connectivity index (χ1v) is 7.13. The number of halogens is 1. The van der Waals surface area contributed by atoms with Crippen LogP contribution in [0, 0.1) is 20.8 Å². The Hall–Kier alpha value is -1.88. The van der Waals surface area contributed by atoms with Crippen molar-refractivity contribution in [2.24, 2.45) is 0 Å². The number of nitrogens with one attached hydrogen (secondary N) is 1. The van der Waals surface area contributed by atoms with Gasteiger partial charge in [-0.05, 0) is 50.6 Å². The van der Waals surface area contributed by atoms with E-state index in [-0.39, 0.29) is 5.56 Å². The van der Waals surface area contributed by atoms with E-state index < -0.39 is 0 Å². The number of rotatable bonds is 1. The molecular weight excluding hydrogens is 318 g/mol. The Morgan fingerprint density at radius 2 is 1.80 bits per heavy atom. The maximum absolute atomic E-state index is 12.2. The number of fused-ring (bicyclic) bond motifs is 1.